The average molecular weight is 422 g/mol. The van der Waals surface area contributed by atoms with Gasteiger partial charge in [-0.1, -0.05) is 39.2 Å². The summed E-state index contributed by atoms with van der Waals surface area (Å²) in [6.45, 7) is 5.66. The Morgan fingerprint density at radius 1 is 1.10 bits per heavy atom. The van der Waals surface area contributed by atoms with E-state index in [2.05, 4.69) is 0 Å². The highest BCUT2D eigenvalue weighted by molar-refractivity contribution is 7.28. The molecule has 0 saturated heterocycles. The van der Waals surface area contributed by atoms with Gasteiger partial charge in [-0.25, -0.2) is 0 Å². The molecule has 0 spiro atoms. The van der Waals surface area contributed by atoms with Crippen LogP contribution < -0.4 is 9.47 Å². The van der Waals surface area contributed by atoms with E-state index in [0.29, 0.717) is 24.3 Å². The van der Waals surface area contributed by atoms with Gasteiger partial charge in [-0.3, -0.25) is 14.2 Å². The number of benzene rings is 1. The fourth-order valence-corrected chi connectivity index (χ4v) is 4.75. The minimum atomic E-state index is -1.49. The van der Waals surface area contributed by atoms with Gasteiger partial charge in [0.25, 0.3) is 0 Å². The fourth-order valence-electron chi connectivity index (χ4n) is 4.11. The molecule has 0 heterocycles. The third-order valence-electron chi connectivity index (χ3n) is 5.86. The summed E-state index contributed by atoms with van der Waals surface area (Å²) in [5.41, 5.74) is -0.879. The monoisotopic (exact) mass is 422 g/mol. The van der Waals surface area contributed by atoms with E-state index in [-0.39, 0.29) is 23.9 Å². The van der Waals surface area contributed by atoms with Gasteiger partial charge in [-0.2, -0.15) is 0 Å². The molecule has 1 saturated carbocycles. The van der Waals surface area contributed by atoms with Crippen molar-refractivity contribution in [2.75, 3.05) is 20.8 Å². The number of Topliss-reactive ketones (excluding diaryl/α,β-unsaturated/α-hetero) is 1. The van der Waals surface area contributed by atoms with Crippen molar-refractivity contribution in [3.05, 3.63) is 23.8 Å². The van der Waals surface area contributed by atoms with Crippen LogP contribution in [0.15, 0.2) is 18.2 Å². The molecule has 0 radical (unpaired) electrons. The molecule has 1 aromatic carbocycles. The SMILES string of the molecule is COc1cccc(OC)c1C(=O)C1(C(C)(P=O)C(=O)OCC(C)C)CCCCC1. The van der Waals surface area contributed by atoms with E-state index in [0.717, 1.165) is 19.3 Å². The van der Waals surface area contributed by atoms with Gasteiger partial charge in [0.15, 0.2) is 19.4 Å². The Morgan fingerprint density at radius 2 is 1.66 bits per heavy atom. The maximum Gasteiger partial charge on any atom is 0.324 e. The molecule has 7 heteroatoms. The summed E-state index contributed by atoms with van der Waals surface area (Å²) in [4.78, 5) is 27.1. The molecule has 1 unspecified atom stereocenters. The van der Waals surface area contributed by atoms with Gasteiger partial charge in [-0.05, 0) is 37.8 Å². The van der Waals surface area contributed by atoms with E-state index in [1.54, 1.807) is 25.1 Å². The number of carbonyl (C=O) groups excluding carboxylic acids is 2. The lowest BCUT2D eigenvalue weighted by atomic mass is 9.61. The Bertz CT molecular complexity index is 731. The van der Waals surface area contributed by atoms with Gasteiger partial charge in [0, 0.05) is 0 Å². The second kappa shape index (κ2) is 9.71. The first-order valence-electron chi connectivity index (χ1n) is 10.0. The van der Waals surface area contributed by atoms with E-state index in [4.69, 9.17) is 14.2 Å². The average Bonchev–Trinajstić information content (AvgIpc) is 2.75. The van der Waals surface area contributed by atoms with E-state index in [9.17, 15) is 14.2 Å². The van der Waals surface area contributed by atoms with Crippen LogP contribution in [-0.2, 0) is 14.1 Å². The van der Waals surface area contributed by atoms with Crippen LogP contribution in [-0.4, -0.2) is 37.7 Å². The number of methoxy groups -OCH3 is 2. The van der Waals surface area contributed by atoms with E-state index < -0.39 is 25.0 Å². The minimum Gasteiger partial charge on any atom is -0.496 e. The summed E-state index contributed by atoms with van der Waals surface area (Å²) in [7, 11) is 2.55. The normalized spacial score (nSPS) is 18.1. The van der Waals surface area contributed by atoms with Crippen LogP contribution in [0.3, 0.4) is 0 Å². The summed E-state index contributed by atoms with van der Waals surface area (Å²) in [6.07, 6.45) is 3.41. The molecule has 0 N–H and O–H groups in total. The molecule has 29 heavy (non-hydrogen) atoms. The Balaban J connectivity index is 2.62. The lowest BCUT2D eigenvalue weighted by Gasteiger charge is -2.44. The molecule has 0 amide bonds. The highest BCUT2D eigenvalue weighted by Crippen LogP contribution is 2.55. The van der Waals surface area contributed by atoms with Gasteiger partial charge in [0.1, 0.15) is 17.1 Å². The number of rotatable bonds is 9. The molecule has 6 nitrogen and oxygen atoms in total. The third kappa shape index (κ3) is 4.32. The summed E-state index contributed by atoms with van der Waals surface area (Å²) >= 11 is 0. The molecule has 160 valence electrons. The van der Waals surface area contributed by atoms with Crippen molar-refractivity contribution in [2.45, 2.75) is 58.0 Å². The zero-order chi connectivity index (χ0) is 21.7. The summed E-state index contributed by atoms with van der Waals surface area (Å²) in [5.74, 6) is 0.00388. The topological polar surface area (TPSA) is 78.9 Å². The molecule has 0 aliphatic heterocycles. The summed E-state index contributed by atoms with van der Waals surface area (Å²) in [5, 5.41) is -1.49. The van der Waals surface area contributed by atoms with Gasteiger partial charge >= 0.3 is 5.97 Å². The van der Waals surface area contributed by atoms with E-state index in [1.165, 1.54) is 14.2 Å². The minimum absolute atomic E-state index is 0.138. The van der Waals surface area contributed by atoms with Crippen molar-refractivity contribution in [3.8, 4) is 11.5 Å². The molecule has 1 aromatic rings. The van der Waals surface area contributed by atoms with Crippen LogP contribution in [0.2, 0.25) is 0 Å². The standard InChI is InChI=1S/C22H31O6P/c1-15(2)14-28-20(24)21(3,29-25)22(12-7-6-8-13-22)19(23)18-16(26-4)10-9-11-17(18)27-5/h9-11,15H,6-8,12-14H2,1-5H3. The molecule has 1 fully saturated rings. The van der Waals surface area contributed by atoms with Crippen LogP contribution in [0.4, 0.5) is 0 Å². The Morgan fingerprint density at radius 3 is 2.10 bits per heavy atom. The molecule has 1 atom stereocenters. The van der Waals surface area contributed by atoms with Crippen molar-refractivity contribution in [1.82, 2.24) is 0 Å². The maximum absolute atomic E-state index is 14.0. The summed E-state index contributed by atoms with van der Waals surface area (Å²) in [6, 6.07) is 5.12. The maximum atomic E-state index is 14.0. The number of carbonyl (C=O) groups is 2. The number of ketones is 1. The Hall–Kier alpha value is -1.94. The van der Waals surface area contributed by atoms with Crippen molar-refractivity contribution in [3.63, 3.8) is 0 Å². The smallest absolute Gasteiger partial charge is 0.324 e. The molecular formula is C22H31O6P. The van der Waals surface area contributed by atoms with Gasteiger partial charge in [0.2, 0.25) is 0 Å². The molecule has 2 rings (SSSR count). The first kappa shape index (κ1) is 23.3. The fraction of sp³-hybridized carbons (Fsp3) is 0.636. The molecular weight excluding hydrogens is 391 g/mol. The lowest BCUT2D eigenvalue weighted by molar-refractivity contribution is -0.151. The van der Waals surface area contributed by atoms with E-state index in [1.807, 2.05) is 13.8 Å². The molecule has 0 bridgehead atoms. The first-order chi connectivity index (χ1) is 13.8. The van der Waals surface area contributed by atoms with Crippen LogP contribution in [0, 0.1) is 11.3 Å². The van der Waals surface area contributed by atoms with Crippen molar-refractivity contribution < 1.29 is 28.4 Å². The number of hydrogen-bond acceptors (Lipinski definition) is 6. The second-order valence-corrected chi connectivity index (χ2v) is 9.24. The van der Waals surface area contributed by atoms with E-state index >= 15 is 0 Å². The highest BCUT2D eigenvalue weighted by atomic mass is 31.1. The quantitative estimate of drug-likeness (QED) is 0.313. The van der Waals surface area contributed by atoms with Crippen LogP contribution in [0.1, 0.15) is 63.2 Å². The molecule has 1 aliphatic rings. The zero-order valence-corrected chi connectivity index (χ0v) is 18.8. The number of ether oxygens (including phenoxy) is 3. The van der Waals surface area contributed by atoms with Crippen LogP contribution in [0.5, 0.6) is 11.5 Å². The zero-order valence-electron chi connectivity index (χ0n) is 17.9. The van der Waals surface area contributed by atoms with Crippen LogP contribution in [0.25, 0.3) is 0 Å². The van der Waals surface area contributed by atoms with Crippen molar-refractivity contribution >= 4 is 20.2 Å². The van der Waals surface area contributed by atoms with Gasteiger partial charge in [0.05, 0.1) is 26.2 Å². The largest absolute Gasteiger partial charge is 0.496 e. The third-order valence-corrected chi connectivity index (χ3v) is 6.83. The molecule has 0 aromatic heterocycles. The Kier molecular flexibility index (Phi) is 7.81. The van der Waals surface area contributed by atoms with Crippen LogP contribution >= 0.6 is 8.46 Å². The highest BCUT2D eigenvalue weighted by Gasteiger charge is 2.60. The second-order valence-electron chi connectivity index (χ2n) is 8.17. The summed E-state index contributed by atoms with van der Waals surface area (Å²) < 4.78 is 28.8. The predicted molar refractivity (Wildman–Crippen MR) is 111 cm³/mol. The van der Waals surface area contributed by atoms with Gasteiger partial charge in [-0.15, -0.1) is 0 Å². The first-order valence-corrected chi connectivity index (χ1v) is 10.9. The van der Waals surface area contributed by atoms with Crippen molar-refractivity contribution in [2.24, 2.45) is 11.3 Å². The Labute approximate surface area is 174 Å². The van der Waals surface area contributed by atoms with Gasteiger partial charge < -0.3 is 14.2 Å². The predicted octanol–water partition coefficient (Wildman–Crippen LogP) is 5.09. The van der Waals surface area contributed by atoms with Crippen molar-refractivity contribution in [1.29, 1.82) is 0 Å². The number of hydrogen-bond donors (Lipinski definition) is 0. The number of esters is 1. The lowest BCUT2D eigenvalue weighted by Crippen LogP contribution is -2.54. The molecule has 1 aliphatic carbocycles.